The molecule has 0 spiro atoms. The van der Waals surface area contributed by atoms with Crippen LogP contribution >= 0.6 is 23.2 Å². The van der Waals surface area contributed by atoms with Crippen molar-refractivity contribution in [2.24, 2.45) is 10.7 Å². The molecule has 5 heteroatoms. The van der Waals surface area contributed by atoms with E-state index in [4.69, 9.17) is 28.9 Å². The van der Waals surface area contributed by atoms with Crippen LogP contribution in [0.5, 0.6) is 0 Å². The Labute approximate surface area is 127 Å². The average Bonchev–Trinajstić information content (AvgIpc) is 2.49. The third kappa shape index (κ3) is 3.51. The van der Waals surface area contributed by atoms with Crippen LogP contribution in [0.3, 0.4) is 0 Å². The molecule has 1 atom stereocenters. The topological polar surface area (TPSA) is 58.6 Å². The van der Waals surface area contributed by atoms with Crippen LogP contribution in [0, 0.1) is 0 Å². The molecule has 0 heterocycles. The number of halogens is 2. The van der Waals surface area contributed by atoms with E-state index in [9.17, 15) is 5.11 Å². The molecule has 20 heavy (non-hydrogen) atoms. The number of aliphatic hydroxyl groups excluding tert-OH is 1. The molecule has 2 rings (SSSR count). The Balaban J connectivity index is 2.47. The summed E-state index contributed by atoms with van der Waals surface area (Å²) in [4.78, 5) is 4.21. The van der Waals surface area contributed by atoms with Crippen molar-refractivity contribution in [1.82, 2.24) is 0 Å². The van der Waals surface area contributed by atoms with Crippen LogP contribution in [0.15, 0.2) is 53.5 Å². The fourth-order valence-electron chi connectivity index (χ4n) is 1.85. The molecule has 0 aliphatic rings. The number of nitrogens with two attached hydrogens (primary N) is 1. The maximum atomic E-state index is 10.5. The van der Waals surface area contributed by atoms with Crippen molar-refractivity contribution < 1.29 is 5.11 Å². The Morgan fingerprint density at radius 2 is 1.90 bits per heavy atom. The van der Waals surface area contributed by atoms with Crippen LogP contribution in [-0.4, -0.2) is 16.8 Å². The average molecular weight is 309 g/mol. The first-order valence-electron chi connectivity index (χ1n) is 6.03. The van der Waals surface area contributed by atoms with Gasteiger partial charge in [0.1, 0.15) is 11.9 Å². The number of hydrogen-bond acceptors (Lipinski definition) is 2. The first-order valence-corrected chi connectivity index (χ1v) is 6.94. The van der Waals surface area contributed by atoms with Crippen molar-refractivity contribution >= 4 is 34.7 Å². The standard InChI is InChI=1S/C15H14Cl2N2O/c16-9-14(18)19-13-7-6-11(17)8-12(13)15(20)10-4-2-1-3-5-10/h1-8,15,20H,9H2,(H2,18,19). The Hall–Kier alpha value is -1.55. The molecule has 0 aromatic heterocycles. The summed E-state index contributed by atoms with van der Waals surface area (Å²) in [6.07, 6.45) is -0.822. The molecule has 0 aliphatic heterocycles. The van der Waals surface area contributed by atoms with E-state index in [1.165, 1.54) is 0 Å². The maximum Gasteiger partial charge on any atom is 0.115 e. The van der Waals surface area contributed by atoms with Crippen molar-refractivity contribution in [1.29, 1.82) is 0 Å². The predicted octanol–water partition coefficient (Wildman–Crippen LogP) is 3.65. The minimum Gasteiger partial charge on any atom is -0.386 e. The zero-order valence-electron chi connectivity index (χ0n) is 10.6. The van der Waals surface area contributed by atoms with Gasteiger partial charge in [0.05, 0.1) is 11.6 Å². The first-order chi connectivity index (χ1) is 9.61. The van der Waals surface area contributed by atoms with Gasteiger partial charge in [0.25, 0.3) is 0 Å². The zero-order chi connectivity index (χ0) is 14.5. The van der Waals surface area contributed by atoms with Crippen LogP contribution < -0.4 is 5.73 Å². The summed E-state index contributed by atoms with van der Waals surface area (Å²) in [5, 5.41) is 11.0. The van der Waals surface area contributed by atoms with Crippen LogP contribution in [0.2, 0.25) is 5.02 Å². The van der Waals surface area contributed by atoms with Gasteiger partial charge in [-0.05, 0) is 23.8 Å². The minimum absolute atomic E-state index is 0.128. The van der Waals surface area contributed by atoms with E-state index in [2.05, 4.69) is 4.99 Å². The summed E-state index contributed by atoms with van der Waals surface area (Å²) in [7, 11) is 0. The second-order valence-corrected chi connectivity index (χ2v) is 4.96. The van der Waals surface area contributed by atoms with E-state index < -0.39 is 6.10 Å². The number of aliphatic imine (C=N–C) groups is 1. The zero-order valence-corrected chi connectivity index (χ0v) is 12.1. The molecule has 0 fully saturated rings. The van der Waals surface area contributed by atoms with Gasteiger partial charge in [0.15, 0.2) is 0 Å². The molecule has 0 radical (unpaired) electrons. The molecule has 2 aromatic carbocycles. The van der Waals surface area contributed by atoms with Crippen molar-refractivity contribution in [2.75, 3.05) is 5.88 Å². The smallest absolute Gasteiger partial charge is 0.115 e. The molecule has 0 saturated heterocycles. The van der Waals surface area contributed by atoms with Crippen LogP contribution in [0.1, 0.15) is 17.2 Å². The second kappa shape index (κ2) is 6.75. The van der Waals surface area contributed by atoms with Gasteiger partial charge in [-0.2, -0.15) is 0 Å². The molecular formula is C15H14Cl2N2O. The number of hydrogen-bond donors (Lipinski definition) is 2. The lowest BCUT2D eigenvalue weighted by Gasteiger charge is -2.14. The fourth-order valence-corrected chi connectivity index (χ4v) is 2.09. The molecule has 3 nitrogen and oxygen atoms in total. The largest absolute Gasteiger partial charge is 0.386 e. The molecule has 0 amide bonds. The summed E-state index contributed by atoms with van der Waals surface area (Å²) in [5.74, 6) is 0.416. The SMILES string of the molecule is NC(CCl)=Nc1ccc(Cl)cc1C(O)c1ccccc1. The maximum absolute atomic E-state index is 10.5. The summed E-state index contributed by atoms with van der Waals surface area (Å²) < 4.78 is 0. The van der Waals surface area contributed by atoms with E-state index in [1.54, 1.807) is 18.2 Å². The third-order valence-corrected chi connectivity index (χ3v) is 3.31. The highest BCUT2D eigenvalue weighted by molar-refractivity contribution is 6.30. The lowest BCUT2D eigenvalue weighted by molar-refractivity contribution is 0.221. The number of aliphatic hydroxyl groups is 1. The van der Waals surface area contributed by atoms with Crippen molar-refractivity contribution in [3.05, 3.63) is 64.7 Å². The highest BCUT2D eigenvalue weighted by atomic mass is 35.5. The highest BCUT2D eigenvalue weighted by Gasteiger charge is 2.15. The Bertz CT molecular complexity index is 615. The summed E-state index contributed by atoms with van der Waals surface area (Å²) >= 11 is 11.6. The highest BCUT2D eigenvalue weighted by Crippen LogP contribution is 2.32. The third-order valence-electron chi connectivity index (χ3n) is 2.80. The molecular weight excluding hydrogens is 295 g/mol. The summed E-state index contributed by atoms with van der Waals surface area (Å²) in [6, 6.07) is 14.4. The fraction of sp³-hybridized carbons (Fsp3) is 0.133. The molecule has 104 valence electrons. The van der Waals surface area contributed by atoms with Gasteiger partial charge in [0.2, 0.25) is 0 Å². The number of nitrogens with zero attached hydrogens (tertiary/aromatic N) is 1. The van der Waals surface area contributed by atoms with E-state index in [-0.39, 0.29) is 11.7 Å². The predicted molar refractivity (Wildman–Crippen MR) is 84.0 cm³/mol. The molecule has 3 N–H and O–H groups in total. The lowest BCUT2D eigenvalue weighted by atomic mass is 10.00. The Morgan fingerprint density at radius 1 is 1.20 bits per heavy atom. The van der Waals surface area contributed by atoms with Crippen molar-refractivity contribution in [2.45, 2.75) is 6.10 Å². The van der Waals surface area contributed by atoms with Gasteiger partial charge in [-0.15, -0.1) is 11.6 Å². The molecule has 0 bridgehead atoms. The van der Waals surface area contributed by atoms with E-state index in [0.29, 0.717) is 16.3 Å². The summed E-state index contributed by atoms with van der Waals surface area (Å²) in [6.45, 7) is 0. The second-order valence-electron chi connectivity index (χ2n) is 4.25. The van der Waals surface area contributed by atoms with Crippen LogP contribution in [-0.2, 0) is 0 Å². The van der Waals surface area contributed by atoms with Crippen molar-refractivity contribution in [3.63, 3.8) is 0 Å². The van der Waals surface area contributed by atoms with E-state index in [0.717, 1.165) is 5.56 Å². The van der Waals surface area contributed by atoms with Crippen LogP contribution in [0.25, 0.3) is 0 Å². The quantitative estimate of drug-likeness (QED) is 0.514. The lowest BCUT2D eigenvalue weighted by Crippen LogP contribution is -2.12. The van der Waals surface area contributed by atoms with Gasteiger partial charge >= 0.3 is 0 Å². The number of alkyl halides is 1. The van der Waals surface area contributed by atoms with Crippen LogP contribution in [0.4, 0.5) is 5.69 Å². The molecule has 0 aliphatic carbocycles. The van der Waals surface area contributed by atoms with Gasteiger partial charge in [0, 0.05) is 10.6 Å². The van der Waals surface area contributed by atoms with Crippen molar-refractivity contribution in [3.8, 4) is 0 Å². The minimum atomic E-state index is -0.822. The first kappa shape index (κ1) is 14.9. The molecule has 2 aromatic rings. The number of benzene rings is 2. The number of rotatable bonds is 4. The number of amidine groups is 1. The normalized spacial score (nSPS) is 13.2. The van der Waals surface area contributed by atoms with Gasteiger partial charge in [-0.3, -0.25) is 0 Å². The van der Waals surface area contributed by atoms with E-state index in [1.807, 2.05) is 30.3 Å². The molecule has 0 saturated carbocycles. The Kier molecular flexibility index (Phi) is 5.01. The summed E-state index contributed by atoms with van der Waals surface area (Å²) in [5.41, 5.74) is 7.57. The van der Waals surface area contributed by atoms with Gasteiger partial charge in [-0.25, -0.2) is 4.99 Å². The monoisotopic (exact) mass is 308 g/mol. The van der Waals surface area contributed by atoms with Gasteiger partial charge in [-0.1, -0.05) is 41.9 Å². The van der Waals surface area contributed by atoms with Gasteiger partial charge < -0.3 is 10.8 Å². The Morgan fingerprint density at radius 3 is 2.55 bits per heavy atom. The molecule has 1 unspecified atom stereocenters. The van der Waals surface area contributed by atoms with E-state index >= 15 is 0 Å².